The van der Waals surface area contributed by atoms with Crippen LogP contribution in [0.3, 0.4) is 0 Å². The molecule has 0 bridgehead atoms. The van der Waals surface area contributed by atoms with Crippen molar-refractivity contribution in [1.82, 2.24) is 9.47 Å². The van der Waals surface area contributed by atoms with Crippen LogP contribution in [-0.4, -0.2) is 33.1 Å². The first kappa shape index (κ1) is 17.3. The minimum atomic E-state index is -0.322. The summed E-state index contributed by atoms with van der Waals surface area (Å²) in [6.45, 7) is 4.78. The van der Waals surface area contributed by atoms with Gasteiger partial charge in [-0.2, -0.15) is 0 Å². The van der Waals surface area contributed by atoms with Crippen molar-refractivity contribution in [1.29, 1.82) is 0 Å². The molecule has 138 valence electrons. The van der Waals surface area contributed by atoms with Crippen molar-refractivity contribution >= 4 is 16.8 Å². The quantitative estimate of drug-likeness (QED) is 0.693. The lowest BCUT2D eigenvalue weighted by atomic mass is 10.1. The number of rotatable bonds is 4. The minimum absolute atomic E-state index is 0.0379. The zero-order valence-electron chi connectivity index (χ0n) is 14.9. The third-order valence-electron chi connectivity index (χ3n) is 5.18. The molecule has 0 aliphatic carbocycles. The van der Waals surface area contributed by atoms with E-state index in [9.17, 15) is 14.3 Å². The van der Waals surface area contributed by atoms with Gasteiger partial charge >= 0.3 is 0 Å². The molecule has 1 atom stereocenters. The smallest absolute Gasteiger partial charge is 0.256 e. The van der Waals surface area contributed by atoms with Gasteiger partial charge in [0, 0.05) is 30.2 Å². The lowest BCUT2D eigenvalue weighted by Crippen LogP contribution is -2.36. The predicted molar refractivity (Wildman–Crippen MR) is 103 cm³/mol. The summed E-state index contributed by atoms with van der Waals surface area (Å²) in [4.78, 5) is 14.9. The Kier molecular flexibility index (Phi) is 4.44. The molecule has 2 heterocycles. The lowest BCUT2D eigenvalue weighted by molar-refractivity contribution is 0.0731. The van der Waals surface area contributed by atoms with Gasteiger partial charge in [-0.25, -0.2) is 4.39 Å². The number of halogens is 1. The molecule has 1 unspecified atom stereocenters. The summed E-state index contributed by atoms with van der Waals surface area (Å²) in [5, 5.41) is 10.7. The van der Waals surface area contributed by atoms with E-state index in [0.29, 0.717) is 18.7 Å². The van der Waals surface area contributed by atoms with Gasteiger partial charge in [0.15, 0.2) is 0 Å². The second kappa shape index (κ2) is 6.91. The minimum Gasteiger partial charge on any atom is -0.511 e. The number of aliphatic hydroxyl groups is 1. The van der Waals surface area contributed by atoms with Crippen LogP contribution < -0.4 is 0 Å². The Morgan fingerprint density at radius 1 is 1.19 bits per heavy atom. The number of likely N-dealkylation sites (tertiary alicyclic amines) is 1. The maximum absolute atomic E-state index is 13.2. The van der Waals surface area contributed by atoms with Crippen molar-refractivity contribution in [3.8, 4) is 0 Å². The molecule has 0 radical (unpaired) electrons. The van der Waals surface area contributed by atoms with Gasteiger partial charge in [-0.3, -0.25) is 4.79 Å². The Bertz CT molecular complexity index is 1010. The molecule has 4 rings (SSSR count). The Balaban J connectivity index is 1.72. The highest BCUT2D eigenvalue weighted by Gasteiger charge is 2.32. The maximum Gasteiger partial charge on any atom is 0.256 e. The van der Waals surface area contributed by atoms with Crippen LogP contribution in [0.25, 0.3) is 10.9 Å². The molecule has 1 aliphatic rings. The molecule has 5 heteroatoms. The molecule has 2 aromatic carbocycles. The second-order valence-corrected chi connectivity index (χ2v) is 6.96. The SMILES string of the molecule is C=C(O)C1CCCN1C(=O)c1cn(Cc2ccc(F)cc2)c2ccccc12. The predicted octanol–water partition coefficient (Wildman–Crippen LogP) is 4.51. The number of hydrogen-bond donors (Lipinski definition) is 1. The van der Waals surface area contributed by atoms with Crippen molar-refractivity contribution in [2.45, 2.75) is 25.4 Å². The molecule has 1 amide bonds. The normalized spacial score (nSPS) is 16.8. The number of aromatic nitrogens is 1. The highest BCUT2D eigenvalue weighted by molar-refractivity contribution is 6.07. The number of hydrogen-bond acceptors (Lipinski definition) is 2. The van der Waals surface area contributed by atoms with Gasteiger partial charge in [0.05, 0.1) is 11.6 Å². The molecule has 1 fully saturated rings. The van der Waals surface area contributed by atoms with Crippen LogP contribution in [0.4, 0.5) is 4.39 Å². The van der Waals surface area contributed by atoms with Gasteiger partial charge in [0.25, 0.3) is 5.91 Å². The summed E-state index contributed by atoms with van der Waals surface area (Å²) >= 11 is 0. The number of nitrogens with zero attached hydrogens (tertiary/aromatic N) is 2. The topological polar surface area (TPSA) is 45.5 Å². The second-order valence-electron chi connectivity index (χ2n) is 6.96. The molecular weight excluding hydrogens is 343 g/mol. The summed E-state index contributed by atoms with van der Waals surface area (Å²) in [7, 11) is 0. The van der Waals surface area contributed by atoms with E-state index < -0.39 is 0 Å². The van der Waals surface area contributed by atoms with Gasteiger partial charge < -0.3 is 14.6 Å². The van der Waals surface area contributed by atoms with Crippen LogP contribution in [0.5, 0.6) is 0 Å². The van der Waals surface area contributed by atoms with Crippen LogP contribution in [-0.2, 0) is 6.54 Å². The Hall–Kier alpha value is -3.08. The Labute approximate surface area is 157 Å². The third-order valence-corrected chi connectivity index (χ3v) is 5.18. The first-order valence-corrected chi connectivity index (χ1v) is 9.05. The molecule has 1 aromatic heterocycles. The first-order chi connectivity index (χ1) is 13.0. The number of carbonyl (C=O) groups is 1. The van der Waals surface area contributed by atoms with Crippen molar-refractivity contribution < 1.29 is 14.3 Å². The zero-order chi connectivity index (χ0) is 19.0. The number of para-hydroxylation sites is 1. The van der Waals surface area contributed by atoms with Crippen LogP contribution in [0.15, 0.2) is 67.1 Å². The van der Waals surface area contributed by atoms with Gasteiger partial charge in [0.1, 0.15) is 11.6 Å². The average molecular weight is 364 g/mol. The average Bonchev–Trinajstić information content (AvgIpc) is 3.29. The monoisotopic (exact) mass is 364 g/mol. The molecule has 0 spiro atoms. The fourth-order valence-electron chi connectivity index (χ4n) is 3.85. The van der Waals surface area contributed by atoms with E-state index in [0.717, 1.165) is 29.3 Å². The summed E-state index contributed by atoms with van der Waals surface area (Å²) < 4.78 is 15.2. The van der Waals surface area contributed by atoms with Gasteiger partial charge in [-0.1, -0.05) is 36.9 Å². The van der Waals surface area contributed by atoms with E-state index in [2.05, 4.69) is 6.58 Å². The zero-order valence-corrected chi connectivity index (χ0v) is 14.9. The van der Waals surface area contributed by atoms with Crippen LogP contribution in [0.2, 0.25) is 0 Å². The van der Waals surface area contributed by atoms with Crippen molar-refractivity contribution in [3.63, 3.8) is 0 Å². The lowest BCUT2D eigenvalue weighted by Gasteiger charge is -2.23. The fourth-order valence-corrected chi connectivity index (χ4v) is 3.85. The molecule has 4 nitrogen and oxygen atoms in total. The number of amides is 1. The summed E-state index contributed by atoms with van der Waals surface area (Å²) in [6, 6.07) is 13.8. The fraction of sp³-hybridized carbons (Fsp3) is 0.227. The van der Waals surface area contributed by atoms with Crippen LogP contribution >= 0.6 is 0 Å². The van der Waals surface area contributed by atoms with Gasteiger partial charge in [-0.05, 0) is 36.6 Å². The van der Waals surface area contributed by atoms with E-state index in [-0.39, 0.29) is 23.5 Å². The standard InChI is InChI=1S/C22H21FN2O2/c1-15(26)20-7-4-12-25(20)22(27)19-14-24(21-6-3-2-5-18(19)21)13-16-8-10-17(23)11-9-16/h2-3,5-6,8-11,14,20,26H,1,4,7,12-13H2. The van der Waals surface area contributed by atoms with Crippen molar-refractivity contribution in [3.05, 3.63) is 84.0 Å². The number of fused-ring (bicyclic) bond motifs is 1. The largest absolute Gasteiger partial charge is 0.511 e. The molecule has 1 N–H and O–H groups in total. The number of benzene rings is 2. The van der Waals surface area contributed by atoms with E-state index in [1.807, 2.05) is 35.0 Å². The van der Waals surface area contributed by atoms with E-state index >= 15 is 0 Å². The maximum atomic E-state index is 13.2. The molecule has 1 saturated heterocycles. The summed E-state index contributed by atoms with van der Waals surface area (Å²) in [5.41, 5.74) is 2.52. The molecular formula is C22H21FN2O2. The van der Waals surface area contributed by atoms with Crippen LogP contribution in [0.1, 0.15) is 28.8 Å². The Morgan fingerprint density at radius 3 is 2.67 bits per heavy atom. The van der Waals surface area contributed by atoms with Crippen LogP contribution in [0, 0.1) is 5.82 Å². The number of aliphatic hydroxyl groups excluding tert-OH is 1. The Morgan fingerprint density at radius 2 is 1.93 bits per heavy atom. The molecule has 1 aliphatic heterocycles. The van der Waals surface area contributed by atoms with E-state index in [1.165, 1.54) is 12.1 Å². The van der Waals surface area contributed by atoms with E-state index in [4.69, 9.17) is 0 Å². The van der Waals surface area contributed by atoms with Gasteiger partial charge in [-0.15, -0.1) is 0 Å². The third kappa shape index (κ3) is 3.21. The molecule has 0 saturated carbocycles. The van der Waals surface area contributed by atoms with Crippen molar-refractivity contribution in [2.75, 3.05) is 6.54 Å². The highest BCUT2D eigenvalue weighted by Crippen LogP contribution is 2.28. The molecule has 27 heavy (non-hydrogen) atoms. The van der Waals surface area contributed by atoms with E-state index in [1.54, 1.807) is 17.0 Å². The summed E-state index contributed by atoms with van der Waals surface area (Å²) in [6.07, 6.45) is 3.44. The van der Waals surface area contributed by atoms with Crippen molar-refractivity contribution in [2.24, 2.45) is 0 Å². The van der Waals surface area contributed by atoms with Gasteiger partial charge in [0.2, 0.25) is 0 Å². The number of carbonyl (C=O) groups excluding carboxylic acids is 1. The first-order valence-electron chi connectivity index (χ1n) is 9.05. The molecule has 3 aromatic rings. The summed E-state index contributed by atoms with van der Waals surface area (Å²) in [5.74, 6) is -0.325. The highest BCUT2D eigenvalue weighted by atomic mass is 19.1.